The van der Waals surface area contributed by atoms with Crippen LogP contribution in [0.4, 0.5) is 4.39 Å². The number of hydrogen-bond acceptors (Lipinski definition) is 1. The van der Waals surface area contributed by atoms with Crippen molar-refractivity contribution in [2.45, 2.75) is 6.54 Å². The fraction of sp³-hybridized carbons (Fsp3) is 0.278. The van der Waals surface area contributed by atoms with E-state index in [0.717, 1.165) is 41.0 Å². The number of halogens is 2. The number of hydrogen-bond donors (Lipinski definition) is 2. The van der Waals surface area contributed by atoms with Gasteiger partial charge in [0.25, 0.3) is 0 Å². The molecule has 1 aromatic carbocycles. The van der Waals surface area contributed by atoms with Gasteiger partial charge in [0, 0.05) is 16.2 Å². The average Bonchev–Trinajstić information content (AvgIpc) is 2.94. The second-order valence-corrected chi connectivity index (χ2v) is 7.20. The highest BCUT2D eigenvalue weighted by atomic mass is 79.9. The molecule has 0 unspecified atom stereocenters. The maximum Gasteiger partial charge on any atom is 0.137 e. The number of rotatable bonds is 3. The summed E-state index contributed by atoms with van der Waals surface area (Å²) in [4.78, 5) is 6.39. The molecule has 0 aliphatic carbocycles. The summed E-state index contributed by atoms with van der Waals surface area (Å²) in [5, 5.41) is 2.37. The molecule has 4 rings (SSSR count). The predicted octanol–water partition coefficient (Wildman–Crippen LogP) is 0.865. The van der Waals surface area contributed by atoms with Crippen LogP contribution in [0, 0.1) is 5.82 Å². The number of benzene rings is 1. The van der Waals surface area contributed by atoms with E-state index >= 15 is 0 Å². The van der Waals surface area contributed by atoms with Crippen LogP contribution in [0.3, 0.4) is 0 Å². The molecule has 1 aliphatic rings. The van der Waals surface area contributed by atoms with Crippen molar-refractivity contribution in [3.8, 4) is 11.3 Å². The van der Waals surface area contributed by atoms with Crippen molar-refractivity contribution in [2.24, 2.45) is 0 Å². The molecule has 6 heteroatoms. The average molecular weight is 391 g/mol. The molecule has 3 aromatic rings. The van der Waals surface area contributed by atoms with E-state index in [1.54, 1.807) is 4.90 Å². The molecule has 1 aliphatic heterocycles. The van der Waals surface area contributed by atoms with E-state index in [9.17, 15) is 4.39 Å². The number of quaternary nitrogens is 2. The van der Waals surface area contributed by atoms with Crippen molar-refractivity contribution in [1.29, 1.82) is 0 Å². The zero-order chi connectivity index (χ0) is 16.5. The van der Waals surface area contributed by atoms with Gasteiger partial charge < -0.3 is 10.2 Å². The Bertz CT molecular complexity index is 853. The van der Waals surface area contributed by atoms with Gasteiger partial charge in [-0.3, -0.25) is 4.40 Å². The van der Waals surface area contributed by atoms with Crippen LogP contribution < -0.4 is 10.2 Å². The zero-order valence-electron chi connectivity index (χ0n) is 13.3. The van der Waals surface area contributed by atoms with E-state index in [4.69, 9.17) is 4.98 Å². The third-order valence-electron chi connectivity index (χ3n) is 4.62. The minimum absolute atomic E-state index is 0.219. The van der Waals surface area contributed by atoms with E-state index in [2.05, 4.69) is 31.8 Å². The number of imidazole rings is 1. The molecule has 0 atom stereocenters. The van der Waals surface area contributed by atoms with Crippen LogP contribution >= 0.6 is 15.9 Å². The second-order valence-electron chi connectivity index (χ2n) is 6.28. The second kappa shape index (κ2) is 6.63. The lowest BCUT2D eigenvalue weighted by atomic mass is 10.1. The molecule has 3 heterocycles. The van der Waals surface area contributed by atoms with Crippen molar-refractivity contribution in [3.63, 3.8) is 0 Å². The summed E-state index contributed by atoms with van der Waals surface area (Å²) in [7, 11) is 0. The van der Waals surface area contributed by atoms with Crippen LogP contribution in [0.1, 0.15) is 5.69 Å². The minimum atomic E-state index is -0.219. The summed E-state index contributed by atoms with van der Waals surface area (Å²) in [6.07, 6.45) is 2.07. The largest absolute Gasteiger partial charge is 0.337 e. The molecule has 124 valence electrons. The SMILES string of the molecule is Fc1ccc(-c2nc3ccc(Br)cn3c2C[NH+]2CC[NH2+]CC2)cc1. The van der Waals surface area contributed by atoms with Gasteiger partial charge in [-0.15, -0.1) is 0 Å². The van der Waals surface area contributed by atoms with Gasteiger partial charge in [-0.1, -0.05) is 0 Å². The lowest BCUT2D eigenvalue weighted by molar-refractivity contribution is -0.958. The van der Waals surface area contributed by atoms with Gasteiger partial charge in [0.1, 0.15) is 49.9 Å². The number of pyridine rings is 1. The molecule has 0 radical (unpaired) electrons. The first kappa shape index (κ1) is 15.7. The quantitative estimate of drug-likeness (QED) is 0.683. The zero-order valence-corrected chi connectivity index (χ0v) is 14.9. The number of piperazine rings is 1. The van der Waals surface area contributed by atoms with Crippen molar-refractivity contribution in [3.05, 3.63) is 58.6 Å². The number of nitrogens with two attached hydrogens (primary N) is 1. The normalized spacial score (nSPS) is 15.9. The standard InChI is InChI=1S/C18H18BrFN4/c19-14-3-6-17-22-18(13-1-4-15(20)5-2-13)16(24(17)11-14)12-23-9-7-21-8-10-23/h1-6,11,21H,7-10,12H2/p+2. The molecule has 0 bridgehead atoms. The highest BCUT2D eigenvalue weighted by Crippen LogP contribution is 2.25. The highest BCUT2D eigenvalue weighted by Gasteiger charge is 2.22. The lowest BCUT2D eigenvalue weighted by Crippen LogP contribution is -3.19. The minimum Gasteiger partial charge on any atom is -0.337 e. The third-order valence-corrected chi connectivity index (χ3v) is 5.09. The molecular formula is C18H20BrFN4+2. The number of fused-ring (bicyclic) bond motifs is 1. The smallest absolute Gasteiger partial charge is 0.137 e. The van der Waals surface area contributed by atoms with E-state index in [-0.39, 0.29) is 5.82 Å². The molecule has 24 heavy (non-hydrogen) atoms. The summed E-state index contributed by atoms with van der Waals surface area (Å²) >= 11 is 3.56. The third kappa shape index (κ3) is 3.09. The van der Waals surface area contributed by atoms with Crippen LogP contribution in [0.2, 0.25) is 0 Å². The van der Waals surface area contributed by atoms with Gasteiger partial charge >= 0.3 is 0 Å². The van der Waals surface area contributed by atoms with Gasteiger partial charge in [0.05, 0.1) is 5.69 Å². The molecule has 0 amide bonds. The van der Waals surface area contributed by atoms with Gasteiger partial charge in [-0.05, 0) is 52.3 Å². The van der Waals surface area contributed by atoms with Crippen molar-refractivity contribution >= 4 is 21.6 Å². The molecular weight excluding hydrogens is 371 g/mol. The Balaban J connectivity index is 1.81. The molecule has 3 N–H and O–H groups in total. The van der Waals surface area contributed by atoms with Crippen LogP contribution in [0.25, 0.3) is 16.9 Å². The van der Waals surface area contributed by atoms with E-state index in [1.807, 2.05) is 24.3 Å². The first-order chi connectivity index (χ1) is 11.7. The van der Waals surface area contributed by atoms with Crippen LogP contribution in [0.15, 0.2) is 47.1 Å². The Morgan fingerprint density at radius 3 is 2.62 bits per heavy atom. The lowest BCUT2D eigenvalue weighted by Gasteiger charge is -2.22. The van der Waals surface area contributed by atoms with Crippen molar-refractivity contribution in [2.75, 3.05) is 26.2 Å². The Morgan fingerprint density at radius 2 is 1.88 bits per heavy atom. The fourth-order valence-electron chi connectivity index (χ4n) is 3.37. The molecule has 4 nitrogen and oxygen atoms in total. The Labute approximate surface area is 148 Å². The van der Waals surface area contributed by atoms with E-state index in [0.29, 0.717) is 0 Å². The topological polar surface area (TPSA) is 38.4 Å². The van der Waals surface area contributed by atoms with E-state index < -0.39 is 0 Å². The molecule has 1 saturated heterocycles. The first-order valence-electron chi connectivity index (χ1n) is 8.28. The Hall–Kier alpha value is -1.76. The fourth-order valence-corrected chi connectivity index (χ4v) is 3.71. The van der Waals surface area contributed by atoms with E-state index in [1.165, 1.54) is 30.9 Å². The predicted molar refractivity (Wildman–Crippen MR) is 94.3 cm³/mol. The molecule has 1 fully saturated rings. The molecule has 0 saturated carbocycles. The Kier molecular flexibility index (Phi) is 4.35. The van der Waals surface area contributed by atoms with Gasteiger partial charge in [0.15, 0.2) is 0 Å². The van der Waals surface area contributed by atoms with Crippen molar-refractivity contribution in [1.82, 2.24) is 9.38 Å². The van der Waals surface area contributed by atoms with Gasteiger partial charge in [-0.25, -0.2) is 9.37 Å². The van der Waals surface area contributed by atoms with Crippen LogP contribution in [-0.4, -0.2) is 35.6 Å². The summed E-state index contributed by atoms with van der Waals surface area (Å²) < 4.78 is 16.5. The number of aromatic nitrogens is 2. The monoisotopic (exact) mass is 390 g/mol. The van der Waals surface area contributed by atoms with Gasteiger partial charge in [0.2, 0.25) is 0 Å². The van der Waals surface area contributed by atoms with Gasteiger partial charge in [-0.2, -0.15) is 0 Å². The molecule has 2 aromatic heterocycles. The number of nitrogens with zero attached hydrogens (tertiary/aromatic N) is 2. The van der Waals surface area contributed by atoms with Crippen LogP contribution in [0.5, 0.6) is 0 Å². The highest BCUT2D eigenvalue weighted by molar-refractivity contribution is 9.10. The number of nitrogens with one attached hydrogen (secondary N) is 1. The van der Waals surface area contributed by atoms with Crippen LogP contribution in [-0.2, 0) is 6.54 Å². The maximum absolute atomic E-state index is 13.3. The summed E-state index contributed by atoms with van der Waals surface area (Å²) in [5.74, 6) is -0.219. The summed E-state index contributed by atoms with van der Waals surface area (Å²) in [5.41, 5.74) is 4.04. The maximum atomic E-state index is 13.3. The van der Waals surface area contributed by atoms with Crippen molar-refractivity contribution < 1.29 is 14.6 Å². The summed E-state index contributed by atoms with van der Waals surface area (Å²) in [6.45, 7) is 5.58. The Morgan fingerprint density at radius 1 is 1.12 bits per heavy atom. The summed E-state index contributed by atoms with van der Waals surface area (Å²) in [6, 6.07) is 10.6. The molecule has 0 spiro atoms. The first-order valence-corrected chi connectivity index (χ1v) is 9.08.